The number of rotatable bonds is 1. The first kappa shape index (κ1) is 5.18. The van der Waals surface area contributed by atoms with E-state index in [9.17, 15) is 4.79 Å². The van der Waals surface area contributed by atoms with Gasteiger partial charge in [-0.25, -0.2) is 9.79 Å². The summed E-state index contributed by atoms with van der Waals surface area (Å²) in [6, 6.07) is 0. The molecule has 1 unspecified atom stereocenters. The third kappa shape index (κ3) is 0.675. The molecule has 1 heterocycles. The van der Waals surface area contributed by atoms with Gasteiger partial charge in [0.05, 0.1) is 13.2 Å². The molecule has 42 valence electrons. The predicted octanol–water partition coefficient (Wildman–Crippen LogP) is 0.103. The van der Waals surface area contributed by atoms with Crippen molar-refractivity contribution in [2.45, 2.75) is 0 Å². The van der Waals surface area contributed by atoms with E-state index in [2.05, 4.69) is 4.99 Å². The number of carbonyl (C=O) groups is 1. The molecule has 1 aliphatic heterocycles. The minimum atomic E-state index is 0.167. The topological polar surface area (TPSA) is 29.4 Å². The maximum atomic E-state index is 10.2. The van der Waals surface area contributed by atoms with Crippen LogP contribution in [-0.2, 0) is 4.79 Å². The largest absolute Gasteiger partial charge is 0.311 e. The highest BCUT2D eigenvalue weighted by Crippen LogP contribution is 2.00. The summed E-state index contributed by atoms with van der Waals surface area (Å²) < 4.78 is 0.167. The molecule has 0 spiro atoms. The number of aliphatic imine (C=N–C) groups is 1. The molecule has 0 radical (unpaired) electrons. The van der Waals surface area contributed by atoms with Gasteiger partial charge in [-0.15, -0.1) is 0 Å². The molecule has 1 rings (SSSR count). The average molecular weight is 111 g/mol. The number of nitrogens with zero attached hydrogens (tertiary/aromatic N) is 2. The normalized spacial score (nSPS) is 33.6. The van der Waals surface area contributed by atoms with Crippen molar-refractivity contribution < 1.29 is 9.28 Å². The van der Waals surface area contributed by atoms with Gasteiger partial charge < -0.3 is 0 Å². The Balaban J connectivity index is 2.83. The fraction of sp³-hybridized carbons (Fsp3) is 0.200. The number of quaternary nitrogens is 1. The van der Waals surface area contributed by atoms with Gasteiger partial charge >= 0.3 is 6.41 Å². The average Bonchev–Trinajstić information content (AvgIpc) is 2.17. The van der Waals surface area contributed by atoms with Gasteiger partial charge in [-0.2, -0.15) is 4.48 Å². The maximum absolute atomic E-state index is 10.2. The van der Waals surface area contributed by atoms with Crippen molar-refractivity contribution in [3.63, 3.8) is 0 Å². The Labute approximate surface area is 47.5 Å². The van der Waals surface area contributed by atoms with Crippen molar-refractivity contribution in [3.05, 3.63) is 12.4 Å². The summed E-state index contributed by atoms with van der Waals surface area (Å²) in [4.78, 5) is 13.9. The highest BCUT2D eigenvalue weighted by molar-refractivity contribution is 5.63. The van der Waals surface area contributed by atoms with Gasteiger partial charge in [0.2, 0.25) is 6.34 Å². The summed E-state index contributed by atoms with van der Waals surface area (Å²) in [7, 11) is 1.75. The van der Waals surface area contributed by atoms with Crippen molar-refractivity contribution >= 4 is 12.7 Å². The summed E-state index contributed by atoms with van der Waals surface area (Å²) in [6.07, 6.45) is 5.68. The maximum Gasteiger partial charge on any atom is 0.311 e. The standard InChI is InChI=1S/C5H7N2O/c1-7(5-8)3-2-6-4-7/h2-5H,1H3/q+1. The first-order chi connectivity index (χ1) is 3.77. The van der Waals surface area contributed by atoms with E-state index in [0.29, 0.717) is 0 Å². The minimum Gasteiger partial charge on any atom is -0.233 e. The van der Waals surface area contributed by atoms with Crippen molar-refractivity contribution in [1.82, 2.24) is 0 Å². The molecule has 3 heteroatoms. The molecule has 0 bridgehead atoms. The number of hydrogen-bond acceptors (Lipinski definition) is 2. The summed E-state index contributed by atoms with van der Waals surface area (Å²) in [5, 5.41) is 0. The van der Waals surface area contributed by atoms with Gasteiger partial charge in [-0.1, -0.05) is 0 Å². The van der Waals surface area contributed by atoms with Crippen LogP contribution in [0, 0.1) is 0 Å². The molecular weight excluding hydrogens is 104 g/mol. The van der Waals surface area contributed by atoms with E-state index in [1.165, 1.54) is 0 Å². The number of amides is 1. The molecule has 3 nitrogen and oxygen atoms in total. The lowest BCUT2D eigenvalue weighted by Crippen LogP contribution is -2.32. The zero-order valence-corrected chi connectivity index (χ0v) is 4.61. The second kappa shape index (κ2) is 1.52. The van der Waals surface area contributed by atoms with Crippen LogP contribution < -0.4 is 0 Å². The molecule has 0 aromatic heterocycles. The molecule has 0 saturated heterocycles. The lowest BCUT2D eigenvalue weighted by Gasteiger charge is -2.09. The molecule has 1 aliphatic rings. The molecule has 0 aromatic carbocycles. The van der Waals surface area contributed by atoms with Crippen molar-refractivity contribution in [2.24, 2.45) is 4.99 Å². The summed E-state index contributed by atoms with van der Waals surface area (Å²) in [6.45, 7) is 0. The van der Waals surface area contributed by atoms with Gasteiger partial charge in [0.15, 0.2) is 0 Å². The SMILES string of the molecule is C[N+]1(C=O)C=CN=C1. The summed E-state index contributed by atoms with van der Waals surface area (Å²) >= 11 is 0. The van der Waals surface area contributed by atoms with E-state index in [-0.39, 0.29) is 4.48 Å². The van der Waals surface area contributed by atoms with E-state index in [1.54, 1.807) is 25.8 Å². The van der Waals surface area contributed by atoms with E-state index in [4.69, 9.17) is 0 Å². The lowest BCUT2D eigenvalue weighted by molar-refractivity contribution is -0.661. The predicted molar refractivity (Wildman–Crippen MR) is 29.9 cm³/mol. The smallest absolute Gasteiger partial charge is 0.233 e. The van der Waals surface area contributed by atoms with Gasteiger partial charge in [-0.05, 0) is 0 Å². The fourth-order valence-corrected chi connectivity index (χ4v) is 0.465. The van der Waals surface area contributed by atoms with Crippen LogP contribution in [0.25, 0.3) is 0 Å². The Morgan fingerprint density at radius 3 is 2.75 bits per heavy atom. The van der Waals surface area contributed by atoms with Crippen LogP contribution in [0.1, 0.15) is 0 Å². The second-order valence-electron chi connectivity index (χ2n) is 1.89. The van der Waals surface area contributed by atoms with Gasteiger partial charge in [0.25, 0.3) is 0 Å². The lowest BCUT2D eigenvalue weighted by atomic mass is 10.7. The zero-order chi connectivity index (χ0) is 6.04. The van der Waals surface area contributed by atoms with Crippen LogP contribution in [0.4, 0.5) is 0 Å². The number of carbonyl (C=O) groups excluding carboxylic acids is 1. The van der Waals surface area contributed by atoms with Gasteiger partial charge in [-0.3, -0.25) is 0 Å². The number of hydrogen-bond donors (Lipinski definition) is 0. The van der Waals surface area contributed by atoms with Gasteiger partial charge in [0, 0.05) is 0 Å². The molecule has 0 fully saturated rings. The van der Waals surface area contributed by atoms with E-state index in [1.807, 2.05) is 0 Å². The Morgan fingerprint density at radius 2 is 2.50 bits per heavy atom. The summed E-state index contributed by atoms with van der Waals surface area (Å²) in [5.41, 5.74) is 0. The van der Waals surface area contributed by atoms with Crippen LogP contribution in [0.3, 0.4) is 0 Å². The molecule has 0 N–H and O–H groups in total. The highest BCUT2D eigenvalue weighted by atomic mass is 16.1. The fourth-order valence-electron chi connectivity index (χ4n) is 0.465. The quantitative estimate of drug-likeness (QED) is 0.348. The second-order valence-corrected chi connectivity index (χ2v) is 1.89. The third-order valence-corrected chi connectivity index (χ3v) is 1.02. The van der Waals surface area contributed by atoms with Crippen LogP contribution >= 0.6 is 0 Å². The Kier molecular flexibility index (Phi) is 0.986. The monoisotopic (exact) mass is 111 g/mol. The van der Waals surface area contributed by atoms with Crippen molar-refractivity contribution in [2.75, 3.05) is 7.05 Å². The Bertz CT molecular complexity index is 148. The van der Waals surface area contributed by atoms with Crippen LogP contribution in [0.5, 0.6) is 0 Å². The molecule has 1 atom stereocenters. The van der Waals surface area contributed by atoms with E-state index < -0.39 is 0 Å². The molecule has 0 aliphatic carbocycles. The molecular formula is C5H7N2O+. The van der Waals surface area contributed by atoms with Crippen molar-refractivity contribution in [1.29, 1.82) is 0 Å². The van der Waals surface area contributed by atoms with Crippen LogP contribution in [0.2, 0.25) is 0 Å². The first-order valence-electron chi connectivity index (χ1n) is 2.31. The Morgan fingerprint density at radius 1 is 1.75 bits per heavy atom. The summed E-state index contributed by atoms with van der Waals surface area (Å²) in [5.74, 6) is 0. The van der Waals surface area contributed by atoms with Crippen molar-refractivity contribution in [3.8, 4) is 0 Å². The highest BCUT2D eigenvalue weighted by Gasteiger charge is 2.16. The van der Waals surface area contributed by atoms with E-state index >= 15 is 0 Å². The Hall–Kier alpha value is -0.960. The molecule has 0 aromatic rings. The molecule has 0 saturated carbocycles. The first-order valence-corrected chi connectivity index (χ1v) is 2.31. The molecule has 8 heavy (non-hydrogen) atoms. The molecule has 1 amide bonds. The van der Waals surface area contributed by atoms with E-state index in [0.717, 1.165) is 6.41 Å². The van der Waals surface area contributed by atoms with Crippen LogP contribution in [0.15, 0.2) is 17.4 Å². The third-order valence-electron chi connectivity index (χ3n) is 1.02. The minimum absolute atomic E-state index is 0.167. The van der Waals surface area contributed by atoms with Gasteiger partial charge in [0.1, 0.15) is 6.20 Å². The zero-order valence-electron chi connectivity index (χ0n) is 4.61. The van der Waals surface area contributed by atoms with Crippen LogP contribution in [-0.4, -0.2) is 24.3 Å².